The minimum atomic E-state index is -0.454. The zero-order valence-corrected chi connectivity index (χ0v) is 9.08. The molecule has 3 nitrogen and oxygen atoms in total. The lowest BCUT2D eigenvalue weighted by molar-refractivity contribution is -0.0167. The average Bonchev–Trinajstić information content (AvgIpc) is 1.99. The Morgan fingerprint density at radius 1 is 1.46 bits per heavy atom. The predicted octanol–water partition coefficient (Wildman–Crippen LogP) is 0.395. The molecular weight excluding hydrogens is 164 g/mol. The van der Waals surface area contributed by atoms with Crippen LogP contribution in [0.5, 0.6) is 0 Å². The fourth-order valence-electron chi connectivity index (χ4n) is 1.86. The van der Waals surface area contributed by atoms with Gasteiger partial charge in [-0.2, -0.15) is 0 Å². The summed E-state index contributed by atoms with van der Waals surface area (Å²) in [6, 6.07) is 0. The highest BCUT2D eigenvalue weighted by molar-refractivity contribution is 4.82. The Bertz CT molecular complexity index is 157. The van der Waals surface area contributed by atoms with E-state index in [1.807, 2.05) is 6.92 Å². The summed E-state index contributed by atoms with van der Waals surface area (Å²) in [5.41, 5.74) is -0.454. The van der Waals surface area contributed by atoms with Crippen LogP contribution >= 0.6 is 0 Å². The topological polar surface area (TPSA) is 26.7 Å². The van der Waals surface area contributed by atoms with Crippen molar-refractivity contribution in [2.24, 2.45) is 0 Å². The highest BCUT2D eigenvalue weighted by atomic mass is 16.3. The summed E-state index contributed by atoms with van der Waals surface area (Å²) in [6.45, 7) is 6.07. The number of β-amino-alcohol motifs (C(OH)–C–C–N with tert-alkyl or cyclic N) is 1. The van der Waals surface area contributed by atoms with E-state index in [-0.39, 0.29) is 0 Å². The molecule has 0 bridgehead atoms. The number of rotatable bonds is 3. The van der Waals surface area contributed by atoms with Gasteiger partial charge in [0.1, 0.15) is 0 Å². The molecule has 13 heavy (non-hydrogen) atoms. The molecule has 1 fully saturated rings. The highest BCUT2D eigenvalue weighted by Crippen LogP contribution is 2.19. The molecule has 1 aliphatic heterocycles. The molecule has 0 aromatic rings. The van der Waals surface area contributed by atoms with Crippen LogP contribution in [0, 0.1) is 0 Å². The van der Waals surface area contributed by atoms with Gasteiger partial charge in [-0.3, -0.25) is 4.90 Å². The molecule has 0 radical (unpaired) electrons. The van der Waals surface area contributed by atoms with E-state index in [0.29, 0.717) is 0 Å². The van der Waals surface area contributed by atoms with Crippen molar-refractivity contribution in [1.82, 2.24) is 9.80 Å². The Kier molecular flexibility index (Phi) is 3.71. The summed E-state index contributed by atoms with van der Waals surface area (Å²) in [4.78, 5) is 4.53. The number of piperidine rings is 1. The van der Waals surface area contributed by atoms with E-state index in [2.05, 4.69) is 23.9 Å². The Hall–Kier alpha value is -0.120. The van der Waals surface area contributed by atoms with E-state index in [4.69, 9.17) is 0 Å². The fourth-order valence-corrected chi connectivity index (χ4v) is 1.86. The Morgan fingerprint density at radius 2 is 2.15 bits per heavy atom. The lowest BCUT2D eigenvalue weighted by atomic mass is 9.95. The second kappa shape index (κ2) is 4.40. The molecular formula is C10H22N2O. The van der Waals surface area contributed by atoms with Crippen LogP contribution in [0.4, 0.5) is 0 Å². The van der Waals surface area contributed by atoms with Crippen LogP contribution in [0.25, 0.3) is 0 Å². The summed E-state index contributed by atoms with van der Waals surface area (Å²) in [7, 11) is 4.17. The third-order valence-electron chi connectivity index (χ3n) is 2.62. The largest absolute Gasteiger partial charge is 0.389 e. The van der Waals surface area contributed by atoms with Gasteiger partial charge in [-0.25, -0.2) is 0 Å². The van der Waals surface area contributed by atoms with Crippen molar-refractivity contribution in [2.75, 3.05) is 40.3 Å². The Morgan fingerprint density at radius 3 is 2.69 bits per heavy atom. The monoisotopic (exact) mass is 186 g/mol. The van der Waals surface area contributed by atoms with Crippen molar-refractivity contribution in [3.63, 3.8) is 0 Å². The number of likely N-dealkylation sites (tertiary alicyclic amines) is 1. The van der Waals surface area contributed by atoms with Gasteiger partial charge >= 0.3 is 0 Å². The molecule has 0 aromatic heterocycles. The van der Waals surface area contributed by atoms with Gasteiger partial charge in [0.15, 0.2) is 0 Å². The second-order valence-electron chi connectivity index (χ2n) is 4.68. The molecule has 78 valence electrons. The van der Waals surface area contributed by atoms with Crippen molar-refractivity contribution in [3.05, 3.63) is 0 Å². The van der Waals surface area contributed by atoms with Gasteiger partial charge in [0.2, 0.25) is 0 Å². The van der Waals surface area contributed by atoms with Crippen molar-refractivity contribution in [3.8, 4) is 0 Å². The van der Waals surface area contributed by atoms with Crippen LogP contribution in [0.3, 0.4) is 0 Å². The van der Waals surface area contributed by atoms with Gasteiger partial charge in [0, 0.05) is 19.6 Å². The fraction of sp³-hybridized carbons (Fsp3) is 1.00. The first-order chi connectivity index (χ1) is 5.99. The molecule has 0 aliphatic carbocycles. The zero-order valence-electron chi connectivity index (χ0n) is 9.08. The van der Waals surface area contributed by atoms with Gasteiger partial charge in [0.05, 0.1) is 5.60 Å². The quantitative estimate of drug-likeness (QED) is 0.691. The summed E-state index contributed by atoms with van der Waals surface area (Å²) >= 11 is 0. The van der Waals surface area contributed by atoms with Gasteiger partial charge in [-0.05, 0) is 40.4 Å². The number of nitrogens with zero attached hydrogens (tertiary/aromatic N) is 2. The first kappa shape index (κ1) is 11.0. The van der Waals surface area contributed by atoms with Crippen molar-refractivity contribution >= 4 is 0 Å². The molecule has 1 aliphatic rings. The Balaban J connectivity index is 2.26. The lowest BCUT2D eigenvalue weighted by Gasteiger charge is -2.37. The van der Waals surface area contributed by atoms with Crippen LogP contribution in [-0.4, -0.2) is 60.8 Å². The standard InChI is InChI=1S/C10H22N2O/c1-10(13)5-4-6-12(9-10)8-7-11(2)3/h13H,4-9H2,1-3H3. The minimum Gasteiger partial charge on any atom is -0.389 e. The van der Waals surface area contributed by atoms with Crippen LogP contribution in [0.15, 0.2) is 0 Å². The zero-order chi connectivity index (χ0) is 9.90. The van der Waals surface area contributed by atoms with Crippen LogP contribution in [-0.2, 0) is 0 Å². The maximum absolute atomic E-state index is 9.85. The van der Waals surface area contributed by atoms with E-state index in [0.717, 1.165) is 39.0 Å². The summed E-state index contributed by atoms with van der Waals surface area (Å²) < 4.78 is 0. The third-order valence-corrected chi connectivity index (χ3v) is 2.62. The molecule has 1 atom stereocenters. The molecule has 1 unspecified atom stereocenters. The summed E-state index contributed by atoms with van der Waals surface area (Å²) in [5.74, 6) is 0. The molecule has 1 rings (SSSR count). The van der Waals surface area contributed by atoms with E-state index in [9.17, 15) is 5.11 Å². The average molecular weight is 186 g/mol. The van der Waals surface area contributed by atoms with Crippen molar-refractivity contribution in [2.45, 2.75) is 25.4 Å². The van der Waals surface area contributed by atoms with E-state index in [1.165, 1.54) is 0 Å². The number of aliphatic hydroxyl groups is 1. The molecule has 0 spiro atoms. The van der Waals surface area contributed by atoms with E-state index in [1.54, 1.807) is 0 Å². The maximum Gasteiger partial charge on any atom is 0.0746 e. The normalized spacial score (nSPS) is 31.2. The number of hydrogen-bond donors (Lipinski definition) is 1. The van der Waals surface area contributed by atoms with Gasteiger partial charge in [0.25, 0.3) is 0 Å². The van der Waals surface area contributed by atoms with Gasteiger partial charge in [-0.15, -0.1) is 0 Å². The summed E-state index contributed by atoms with van der Waals surface area (Å²) in [6.07, 6.45) is 2.08. The first-order valence-electron chi connectivity index (χ1n) is 5.09. The molecule has 1 heterocycles. The SMILES string of the molecule is CN(C)CCN1CCCC(C)(O)C1. The predicted molar refractivity (Wildman–Crippen MR) is 54.9 cm³/mol. The highest BCUT2D eigenvalue weighted by Gasteiger charge is 2.27. The molecule has 0 aromatic carbocycles. The van der Waals surface area contributed by atoms with Crippen LogP contribution < -0.4 is 0 Å². The maximum atomic E-state index is 9.85. The molecule has 0 amide bonds. The van der Waals surface area contributed by atoms with Crippen LogP contribution in [0.2, 0.25) is 0 Å². The Labute approximate surface area is 81.3 Å². The third kappa shape index (κ3) is 4.07. The smallest absolute Gasteiger partial charge is 0.0746 e. The number of likely N-dealkylation sites (N-methyl/N-ethyl adjacent to an activating group) is 1. The molecule has 3 heteroatoms. The molecule has 1 saturated heterocycles. The van der Waals surface area contributed by atoms with Crippen molar-refractivity contribution in [1.29, 1.82) is 0 Å². The second-order valence-corrected chi connectivity index (χ2v) is 4.68. The van der Waals surface area contributed by atoms with Gasteiger partial charge < -0.3 is 10.0 Å². The van der Waals surface area contributed by atoms with E-state index >= 15 is 0 Å². The van der Waals surface area contributed by atoms with Crippen molar-refractivity contribution < 1.29 is 5.11 Å². The lowest BCUT2D eigenvalue weighted by Crippen LogP contribution is -2.47. The number of hydrogen-bond acceptors (Lipinski definition) is 3. The van der Waals surface area contributed by atoms with Gasteiger partial charge in [-0.1, -0.05) is 0 Å². The summed E-state index contributed by atoms with van der Waals surface area (Å²) in [5, 5.41) is 9.85. The van der Waals surface area contributed by atoms with E-state index < -0.39 is 5.60 Å². The van der Waals surface area contributed by atoms with Crippen LogP contribution in [0.1, 0.15) is 19.8 Å². The molecule has 1 N–H and O–H groups in total. The minimum absolute atomic E-state index is 0.454. The first-order valence-corrected chi connectivity index (χ1v) is 5.09. The molecule has 0 saturated carbocycles.